The van der Waals surface area contributed by atoms with E-state index in [1.165, 1.54) is 42.6 Å². The highest BCUT2D eigenvalue weighted by atomic mass is 16.6. The van der Waals surface area contributed by atoms with E-state index in [-0.39, 0.29) is 22.9 Å². The van der Waals surface area contributed by atoms with Gasteiger partial charge in [0.15, 0.2) is 0 Å². The topological polar surface area (TPSA) is 103 Å². The Morgan fingerprint density at radius 2 is 2.11 bits per heavy atom. The van der Waals surface area contributed by atoms with Gasteiger partial charge in [-0.3, -0.25) is 10.1 Å². The van der Waals surface area contributed by atoms with Gasteiger partial charge in [0, 0.05) is 12.3 Å². The number of non-ortho nitro benzene ring substituents is 1. The van der Waals surface area contributed by atoms with Gasteiger partial charge in [-0.25, -0.2) is 9.78 Å². The molecule has 1 N–H and O–H groups in total. The number of ether oxygens (including phenoxy) is 1. The summed E-state index contributed by atoms with van der Waals surface area (Å²) >= 11 is 0. The van der Waals surface area contributed by atoms with Gasteiger partial charge in [0.1, 0.15) is 11.3 Å². The van der Waals surface area contributed by atoms with E-state index in [1.54, 1.807) is 0 Å². The Morgan fingerprint density at radius 1 is 1.32 bits per heavy atom. The van der Waals surface area contributed by atoms with Gasteiger partial charge in [-0.15, -0.1) is 0 Å². The molecule has 0 unspecified atom stereocenters. The molecule has 7 heteroatoms. The summed E-state index contributed by atoms with van der Waals surface area (Å²) in [5.74, 6) is -1.15. The number of benzene rings is 1. The number of carboxylic acids is 1. The third-order valence-corrected chi connectivity index (χ3v) is 2.24. The second kappa shape index (κ2) is 5.13. The second-order valence-electron chi connectivity index (χ2n) is 3.52. The average Bonchev–Trinajstić information content (AvgIpc) is 2.39. The van der Waals surface area contributed by atoms with E-state index in [4.69, 9.17) is 9.84 Å². The fourth-order valence-corrected chi connectivity index (χ4v) is 1.41. The molecule has 1 heterocycles. The van der Waals surface area contributed by atoms with Crippen LogP contribution in [0.1, 0.15) is 10.4 Å². The molecule has 1 aromatic carbocycles. The van der Waals surface area contributed by atoms with Gasteiger partial charge >= 0.3 is 5.97 Å². The minimum absolute atomic E-state index is 0.115. The number of nitrogens with zero attached hydrogens (tertiary/aromatic N) is 2. The van der Waals surface area contributed by atoms with Crippen molar-refractivity contribution < 1.29 is 19.6 Å². The highest BCUT2D eigenvalue weighted by molar-refractivity contribution is 5.90. The molecule has 0 amide bonds. The average molecular weight is 260 g/mol. The number of carbonyl (C=O) groups is 1. The van der Waals surface area contributed by atoms with E-state index < -0.39 is 10.9 Å². The minimum atomic E-state index is -1.19. The van der Waals surface area contributed by atoms with Crippen molar-refractivity contribution in [3.63, 3.8) is 0 Å². The fourth-order valence-electron chi connectivity index (χ4n) is 1.41. The highest BCUT2D eigenvalue weighted by Gasteiger charge is 2.14. The normalized spacial score (nSPS) is 9.89. The zero-order valence-corrected chi connectivity index (χ0v) is 9.52. The highest BCUT2D eigenvalue weighted by Crippen LogP contribution is 2.25. The molecule has 0 aliphatic rings. The van der Waals surface area contributed by atoms with E-state index in [0.29, 0.717) is 0 Å². The van der Waals surface area contributed by atoms with Crippen LogP contribution in [0.2, 0.25) is 0 Å². The SMILES string of the molecule is O=C(O)c1cccnc1Oc1cccc([N+](=O)[O-])c1. The Labute approximate surface area is 107 Å². The number of aromatic carboxylic acids is 1. The molecule has 1 aromatic heterocycles. The molecule has 0 aliphatic carbocycles. The summed E-state index contributed by atoms with van der Waals surface area (Å²) in [6.07, 6.45) is 1.37. The number of hydrogen-bond donors (Lipinski definition) is 1. The molecule has 7 nitrogen and oxygen atoms in total. The van der Waals surface area contributed by atoms with Crippen molar-refractivity contribution in [1.29, 1.82) is 0 Å². The van der Waals surface area contributed by atoms with Crippen LogP contribution in [-0.2, 0) is 0 Å². The standard InChI is InChI=1S/C12H8N2O5/c15-12(16)10-5-2-6-13-11(10)19-9-4-1-3-8(7-9)14(17)18/h1-7H,(H,15,16). The lowest BCUT2D eigenvalue weighted by Crippen LogP contribution is -2.01. The first kappa shape index (κ1) is 12.5. The molecule has 0 bridgehead atoms. The largest absolute Gasteiger partial charge is 0.477 e. The van der Waals surface area contributed by atoms with E-state index >= 15 is 0 Å². The van der Waals surface area contributed by atoms with Crippen LogP contribution in [0.5, 0.6) is 11.6 Å². The van der Waals surface area contributed by atoms with Crippen LogP contribution in [-0.4, -0.2) is 21.0 Å². The van der Waals surface area contributed by atoms with Crippen molar-refractivity contribution in [2.24, 2.45) is 0 Å². The van der Waals surface area contributed by atoms with Crippen molar-refractivity contribution in [3.05, 3.63) is 58.3 Å². The van der Waals surface area contributed by atoms with E-state index in [0.717, 1.165) is 0 Å². The molecule has 0 atom stereocenters. The molecular formula is C12H8N2O5. The first-order valence-electron chi connectivity index (χ1n) is 5.18. The molecule has 0 fully saturated rings. The van der Waals surface area contributed by atoms with Crippen molar-refractivity contribution >= 4 is 11.7 Å². The van der Waals surface area contributed by atoms with Crippen molar-refractivity contribution in [3.8, 4) is 11.6 Å². The zero-order chi connectivity index (χ0) is 13.8. The lowest BCUT2D eigenvalue weighted by Gasteiger charge is -2.06. The number of nitro groups is 1. The van der Waals surface area contributed by atoms with Gasteiger partial charge in [0.25, 0.3) is 5.69 Å². The van der Waals surface area contributed by atoms with Crippen LogP contribution in [0.4, 0.5) is 5.69 Å². The lowest BCUT2D eigenvalue weighted by atomic mass is 10.2. The Morgan fingerprint density at radius 3 is 2.79 bits per heavy atom. The molecule has 0 saturated carbocycles. The van der Waals surface area contributed by atoms with Gasteiger partial charge in [0.2, 0.25) is 5.88 Å². The quantitative estimate of drug-likeness (QED) is 0.669. The number of rotatable bonds is 4. The second-order valence-corrected chi connectivity index (χ2v) is 3.52. The first-order chi connectivity index (χ1) is 9.08. The van der Waals surface area contributed by atoms with Gasteiger partial charge in [-0.2, -0.15) is 0 Å². The first-order valence-corrected chi connectivity index (χ1v) is 5.18. The number of nitro benzene ring substituents is 1. The van der Waals surface area contributed by atoms with E-state index in [2.05, 4.69) is 4.98 Å². The molecule has 2 aromatic rings. The summed E-state index contributed by atoms with van der Waals surface area (Å²) in [6.45, 7) is 0. The van der Waals surface area contributed by atoms with Crippen molar-refractivity contribution in [1.82, 2.24) is 4.98 Å². The van der Waals surface area contributed by atoms with Crippen molar-refractivity contribution in [2.45, 2.75) is 0 Å². The fraction of sp³-hybridized carbons (Fsp3) is 0. The maximum atomic E-state index is 11.0. The van der Waals surface area contributed by atoms with Gasteiger partial charge in [0.05, 0.1) is 11.0 Å². The number of pyridine rings is 1. The summed E-state index contributed by atoms with van der Waals surface area (Å²) in [4.78, 5) is 24.8. The van der Waals surface area contributed by atoms with Crippen LogP contribution in [0, 0.1) is 10.1 Å². The predicted molar refractivity (Wildman–Crippen MR) is 64.4 cm³/mol. The molecule has 0 aliphatic heterocycles. The molecule has 0 saturated heterocycles. The summed E-state index contributed by atoms with van der Waals surface area (Å²) in [5, 5.41) is 19.6. The Hall–Kier alpha value is -2.96. The minimum Gasteiger partial charge on any atom is -0.477 e. The van der Waals surface area contributed by atoms with Crippen LogP contribution < -0.4 is 4.74 Å². The lowest BCUT2D eigenvalue weighted by molar-refractivity contribution is -0.384. The summed E-state index contributed by atoms with van der Waals surface area (Å²) in [5.41, 5.74) is -0.265. The third-order valence-electron chi connectivity index (χ3n) is 2.24. The molecule has 0 radical (unpaired) electrons. The van der Waals surface area contributed by atoms with E-state index in [1.807, 2.05) is 0 Å². The zero-order valence-electron chi connectivity index (χ0n) is 9.52. The van der Waals surface area contributed by atoms with Crippen LogP contribution >= 0.6 is 0 Å². The third kappa shape index (κ3) is 2.83. The Balaban J connectivity index is 2.34. The number of hydrogen-bond acceptors (Lipinski definition) is 5. The summed E-state index contributed by atoms with van der Waals surface area (Å²) < 4.78 is 5.27. The van der Waals surface area contributed by atoms with Crippen LogP contribution in [0.3, 0.4) is 0 Å². The molecule has 19 heavy (non-hydrogen) atoms. The Bertz CT molecular complexity index is 642. The van der Waals surface area contributed by atoms with Gasteiger partial charge in [-0.05, 0) is 18.2 Å². The van der Waals surface area contributed by atoms with Gasteiger partial charge < -0.3 is 9.84 Å². The van der Waals surface area contributed by atoms with Crippen LogP contribution in [0.15, 0.2) is 42.6 Å². The molecular weight excluding hydrogens is 252 g/mol. The predicted octanol–water partition coefficient (Wildman–Crippen LogP) is 2.48. The summed E-state index contributed by atoms with van der Waals surface area (Å²) in [6, 6.07) is 8.22. The molecule has 0 spiro atoms. The Kier molecular flexibility index (Phi) is 3.37. The van der Waals surface area contributed by atoms with Crippen molar-refractivity contribution in [2.75, 3.05) is 0 Å². The maximum Gasteiger partial charge on any atom is 0.341 e. The summed E-state index contributed by atoms with van der Waals surface area (Å²) in [7, 11) is 0. The number of aromatic nitrogens is 1. The monoisotopic (exact) mass is 260 g/mol. The van der Waals surface area contributed by atoms with E-state index in [9.17, 15) is 14.9 Å². The number of carboxylic acid groups (broad SMARTS) is 1. The molecule has 2 rings (SSSR count). The maximum absolute atomic E-state index is 11.0. The smallest absolute Gasteiger partial charge is 0.341 e. The van der Waals surface area contributed by atoms with Crippen LogP contribution in [0.25, 0.3) is 0 Å². The van der Waals surface area contributed by atoms with Gasteiger partial charge in [-0.1, -0.05) is 6.07 Å². The molecule has 96 valence electrons.